The molecule has 1 saturated carbocycles. The van der Waals surface area contributed by atoms with E-state index < -0.39 is 6.29 Å². The Morgan fingerprint density at radius 1 is 1.23 bits per heavy atom. The van der Waals surface area contributed by atoms with E-state index in [2.05, 4.69) is 26.8 Å². The van der Waals surface area contributed by atoms with Crippen molar-refractivity contribution in [3.05, 3.63) is 23.3 Å². The van der Waals surface area contributed by atoms with E-state index in [4.69, 9.17) is 14.2 Å². The molecule has 0 N–H and O–H groups in total. The van der Waals surface area contributed by atoms with Crippen molar-refractivity contribution in [3.8, 4) is 0 Å². The van der Waals surface area contributed by atoms with Gasteiger partial charge in [0.2, 0.25) is 6.29 Å². The Morgan fingerprint density at radius 3 is 2.69 bits per heavy atom. The predicted molar refractivity (Wildman–Crippen MR) is 94.9 cm³/mol. The molecule has 26 heavy (non-hydrogen) atoms. The summed E-state index contributed by atoms with van der Waals surface area (Å²) in [5, 5.41) is 0. The van der Waals surface area contributed by atoms with Gasteiger partial charge in [-0.3, -0.25) is 0 Å². The lowest BCUT2D eigenvalue weighted by molar-refractivity contribution is -0.155. The normalized spacial score (nSPS) is 44.2. The molecular formula is C21H28O5. The third kappa shape index (κ3) is 2.32. The Balaban J connectivity index is 1.60. The number of carbonyl (C=O) groups is 2. The summed E-state index contributed by atoms with van der Waals surface area (Å²) in [6.45, 7) is 6.82. The Kier molecular flexibility index (Phi) is 4.07. The Hall–Kier alpha value is -1.62. The number of ether oxygens (including phenoxy) is 3. The van der Waals surface area contributed by atoms with E-state index >= 15 is 0 Å². The van der Waals surface area contributed by atoms with E-state index in [1.165, 1.54) is 7.11 Å². The number of allylic oxidation sites excluding steroid dienone is 1. The van der Waals surface area contributed by atoms with Gasteiger partial charge in [-0.05, 0) is 55.4 Å². The molecule has 4 aliphatic rings. The van der Waals surface area contributed by atoms with Crippen molar-refractivity contribution in [3.63, 3.8) is 0 Å². The molecule has 6 atom stereocenters. The molecule has 2 heterocycles. The van der Waals surface area contributed by atoms with Gasteiger partial charge in [0.15, 0.2) is 0 Å². The van der Waals surface area contributed by atoms with Crippen molar-refractivity contribution in [1.82, 2.24) is 0 Å². The van der Waals surface area contributed by atoms with Gasteiger partial charge >= 0.3 is 11.9 Å². The fourth-order valence-corrected chi connectivity index (χ4v) is 5.93. The standard InChI is InChI=1S/C21H28O5/c1-12-10-16-21(3)14(19(23)25-16)6-5-7-15(21)20(12,2)9-8-13-11-17(24-4)26-18(13)22/h6,11-12,15-17H,5,7-10H2,1-4H3/t12-,15-,16-,17-,20+,21+/m1/s1. The van der Waals surface area contributed by atoms with E-state index in [-0.39, 0.29) is 28.9 Å². The zero-order valence-electron chi connectivity index (χ0n) is 16.0. The summed E-state index contributed by atoms with van der Waals surface area (Å²) in [5.41, 5.74) is 1.44. The van der Waals surface area contributed by atoms with Crippen LogP contribution in [0.1, 0.15) is 52.9 Å². The topological polar surface area (TPSA) is 61.8 Å². The number of cyclic esters (lactones) is 1. The van der Waals surface area contributed by atoms with Gasteiger partial charge in [-0.2, -0.15) is 0 Å². The van der Waals surface area contributed by atoms with Gasteiger partial charge in [0.05, 0.1) is 0 Å². The molecule has 0 bridgehead atoms. The average molecular weight is 360 g/mol. The number of carbonyl (C=O) groups excluding carboxylic acids is 2. The van der Waals surface area contributed by atoms with Gasteiger partial charge in [0.25, 0.3) is 0 Å². The molecule has 142 valence electrons. The molecule has 0 unspecified atom stereocenters. The van der Waals surface area contributed by atoms with Crippen LogP contribution in [0.25, 0.3) is 0 Å². The SMILES string of the molecule is CO[C@H]1C=C(CC[C@@]2(C)[C@H](C)C[C@H]3OC(=O)C4=CCC[C@H]2[C@]43C)C(=O)O1. The first-order valence-electron chi connectivity index (χ1n) is 9.66. The third-order valence-corrected chi connectivity index (χ3v) is 7.72. The minimum atomic E-state index is -0.555. The Labute approximate surface area is 154 Å². The maximum Gasteiger partial charge on any atom is 0.336 e. The van der Waals surface area contributed by atoms with E-state index in [1.807, 2.05) is 0 Å². The number of hydrogen-bond donors (Lipinski definition) is 0. The zero-order chi connectivity index (χ0) is 18.7. The molecule has 0 radical (unpaired) electrons. The zero-order valence-corrected chi connectivity index (χ0v) is 16.0. The maximum absolute atomic E-state index is 12.4. The molecule has 0 spiro atoms. The Bertz CT molecular complexity index is 707. The van der Waals surface area contributed by atoms with Crippen molar-refractivity contribution >= 4 is 11.9 Å². The van der Waals surface area contributed by atoms with Crippen molar-refractivity contribution < 1.29 is 23.8 Å². The molecule has 0 aromatic carbocycles. The lowest BCUT2D eigenvalue weighted by Gasteiger charge is -2.57. The minimum Gasteiger partial charge on any atom is -0.458 e. The van der Waals surface area contributed by atoms with Gasteiger partial charge in [0.1, 0.15) is 6.10 Å². The third-order valence-electron chi connectivity index (χ3n) is 7.72. The molecule has 4 rings (SSSR count). The van der Waals surface area contributed by atoms with Crippen LogP contribution >= 0.6 is 0 Å². The lowest BCUT2D eigenvalue weighted by Crippen LogP contribution is -2.54. The monoisotopic (exact) mass is 360 g/mol. The summed E-state index contributed by atoms with van der Waals surface area (Å²) in [5.74, 6) is 0.416. The quantitative estimate of drug-likeness (QED) is 0.718. The summed E-state index contributed by atoms with van der Waals surface area (Å²) in [6.07, 6.45) is 7.78. The highest BCUT2D eigenvalue weighted by Crippen LogP contribution is 2.65. The van der Waals surface area contributed by atoms with Crippen LogP contribution in [0, 0.1) is 22.7 Å². The van der Waals surface area contributed by atoms with Crippen LogP contribution in [0.4, 0.5) is 0 Å². The first-order valence-corrected chi connectivity index (χ1v) is 9.66. The highest BCUT2D eigenvalue weighted by Gasteiger charge is 2.64. The summed E-state index contributed by atoms with van der Waals surface area (Å²) < 4.78 is 16.1. The highest BCUT2D eigenvalue weighted by molar-refractivity contribution is 5.93. The van der Waals surface area contributed by atoms with Gasteiger partial charge < -0.3 is 14.2 Å². The molecule has 5 heteroatoms. The van der Waals surface area contributed by atoms with Crippen molar-refractivity contribution in [2.24, 2.45) is 22.7 Å². The molecular weight excluding hydrogens is 332 g/mol. The summed E-state index contributed by atoms with van der Waals surface area (Å²) in [7, 11) is 1.54. The van der Waals surface area contributed by atoms with Crippen molar-refractivity contribution in [2.75, 3.05) is 7.11 Å². The van der Waals surface area contributed by atoms with Crippen LogP contribution in [-0.2, 0) is 23.8 Å². The highest BCUT2D eigenvalue weighted by atomic mass is 16.7. The predicted octanol–water partition coefficient (Wildman–Crippen LogP) is 3.54. The second-order valence-corrected chi connectivity index (χ2v) is 8.77. The molecule has 0 aromatic rings. The number of hydrogen-bond acceptors (Lipinski definition) is 5. The molecule has 0 amide bonds. The van der Waals surface area contributed by atoms with Gasteiger partial charge in [-0.15, -0.1) is 0 Å². The molecule has 5 nitrogen and oxygen atoms in total. The lowest BCUT2D eigenvalue weighted by atomic mass is 9.46. The number of methoxy groups -OCH3 is 1. The fraction of sp³-hybridized carbons (Fsp3) is 0.714. The van der Waals surface area contributed by atoms with Crippen molar-refractivity contribution in [1.29, 1.82) is 0 Å². The van der Waals surface area contributed by atoms with E-state index in [1.54, 1.807) is 6.08 Å². The van der Waals surface area contributed by atoms with Crippen LogP contribution < -0.4 is 0 Å². The van der Waals surface area contributed by atoms with E-state index in [0.29, 0.717) is 23.8 Å². The minimum absolute atomic E-state index is 0.0110. The van der Waals surface area contributed by atoms with Crippen LogP contribution in [0.2, 0.25) is 0 Å². The van der Waals surface area contributed by atoms with Gasteiger partial charge in [-0.25, -0.2) is 9.59 Å². The van der Waals surface area contributed by atoms with Crippen LogP contribution in [0.15, 0.2) is 23.3 Å². The molecule has 1 saturated heterocycles. The van der Waals surface area contributed by atoms with Crippen LogP contribution in [0.5, 0.6) is 0 Å². The van der Waals surface area contributed by atoms with E-state index in [0.717, 1.165) is 31.3 Å². The van der Waals surface area contributed by atoms with E-state index in [9.17, 15) is 9.59 Å². The second-order valence-electron chi connectivity index (χ2n) is 8.77. The number of esters is 2. The first kappa shape index (κ1) is 17.8. The largest absolute Gasteiger partial charge is 0.458 e. The molecule has 2 aliphatic carbocycles. The van der Waals surface area contributed by atoms with Crippen LogP contribution in [-0.4, -0.2) is 31.4 Å². The smallest absolute Gasteiger partial charge is 0.336 e. The second kappa shape index (κ2) is 5.95. The summed E-state index contributed by atoms with van der Waals surface area (Å²) in [6, 6.07) is 0. The Morgan fingerprint density at radius 2 is 2.00 bits per heavy atom. The van der Waals surface area contributed by atoms with Gasteiger partial charge in [-0.1, -0.05) is 26.8 Å². The summed E-state index contributed by atoms with van der Waals surface area (Å²) in [4.78, 5) is 24.4. The fourth-order valence-electron chi connectivity index (χ4n) is 5.93. The molecule has 2 aliphatic heterocycles. The summed E-state index contributed by atoms with van der Waals surface area (Å²) >= 11 is 0. The molecule has 2 fully saturated rings. The van der Waals surface area contributed by atoms with Crippen molar-refractivity contribution in [2.45, 2.75) is 65.3 Å². The van der Waals surface area contributed by atoms with Crippen LogP contribution in [0.3, 0.4) is 0 Å². The first-order chi connectivity index (χ1) is 12.3. The number of rotatable bonds is 4. The maximum atomic E-state index is 12.4. The van der Waals surface area contributed by atoms with Gasteiger partial charge in [0, 0.05) is 23.7 Å². The average Bonchev–Trinajstić information content (AvgIpc) is 3.09. The molecule has 0 aromatic heterocycles.